The lowest BCUT2D eigenvalue weighted by molar-refractivity contribution is 0.250. The number of unbranched alkanes of at least 4 members (excludes halogenated alkanes) is 1. The number of hydrogen-bond acceptors (Lipinski definition) is 5. The van der Waals surface area contributed by atoms with E-state index < -0.39 is 0 Å². The summed E-state index contributed by atoms with van der Waals surface area (Å²) in [5.41, 5.74) is 6.39. The van der Waals surface area contributed by atoms with Crippen LogP contribution in [0.1, 0.15) is 26.7 Å². The van der Waals surface area contributed by atoms with Crippen LogP contribution in [0.5, 0.6) is 17.2 Å². The lowest BCUT2D eigenvalue weighted by atomic mass is 10.2. The minimum absolute atomic E-state index is 0.595. The maximum absolute atomic E-state index is 5.83. The van der Waals surface area contributed by atoms with E-state index in [1.54, 1.807) is 26.4 Å². The first-order valence-electron chi connectivity index (χ1n) is 7.52. The number of nitrogens with two attached hydrogens (primary N) is 1. The second-order valence-corrected chi connectivity index (χ2v) is 4.84. The van der Waals surface area contributed by atoms with Gasteiger partial charge in [0, 0.05) is 17.8 Å². The highest BCUT2D eigenvalue weighted by atomic mass is 16.5. The molecular weight excluding hydrogens is 268 g/mol. The molecule has 0 atom stereocenters. The van der Waals surface area contributed by atoms with E-state index in [0.717, 1.165) is 32.5 Å². The van der Waals surface area contributed by atoms with E-state index in [0.29, 0.717) is 29.5 Å². The molecular formula is C16H28N2O3. The van der Waals surface area contributed by atoms with E-state index in [-0.39, 0.29) is 0 Å². The van der Waals surface area contributed by atoms with Crippen molar-refractivity contribution in [2.45, 2.75) is 26.7 Å². The molecule has 5 nitrogen and oxygen atoms in total. The van der Waals surface area contributed by atoms with Crippen molar-refractivity contribution in [3.63, 3.8) is 0 Å². The molecule has 1 rings (SSSR count). The first-order valence-corrected chi connectivity index (χ1v) is 7.52. The molecule has 1 aromatic rings. The predicted octanol–water partition coefficient (Wildman–Crippen LogP) is 2.79. The zero-order valence-electron chi connectivity index (χ0n) is 13.6. The van der Waals surface area contributed by atoms with E-state index in [2.05, 4.69) is 18.7 Å². The summed E-state index contributed by atoms with van der Waals surface area (Å²) >= 11 is 0. The van der Waals surface area contributed by atoms with Crippen LogP contribution in [0, 0.1) is 0 Å². The van der Waals surface area contributed by atoms with Gasteiger partial charge in [-0.3, -0.25) is 0 Å². The molecule has 0 aliphatic heterocycles. The first-order chi connectivity index (χ1) is 10.2. The Labute approximate surface area is 128 Å². The monoisotopic (exact) mass is 296 g/mol. The lowest BCUT2D eigenvalue weighted by Gasteiger charge is -2.18. The molecule has 0 amide bonds. The molecule has 0 unspecified atom stereocenters. The van der Waals surface area contributed by atoms with E-state index in [9.17, 15) is 0 Å². The topological polar surface area (TPSA) is 57.0 Å². The number of anilines is 1. The summed E-state index contributed by atoms with van der Waals surface area (Å²) in [5, 5.41) is 0. The number of nitrogen functional groups attached to an aromatic ring is 1. The van der Waals surface area contributed by atoms with Crippen LogP contribution in [0.25, 0.3) is 0 Å². The Balaban J connectivity index is 2.51. The molecule has 0 aliphatic carbocycles. The molecule has 0 saturated heterocycles. The molecule has 0 bridgehead atoms. The fraction of sp³-hybridized carbons (Fsp3) is 0.625. The van der Waals surface area contributed by atoms with E-state index in [4.69, 9.17) is 19.9 Å². The second-order valence-electron chi connectivity index (χ2n) is 4.84. The van der Waals surface area contributed by atoms with Crippen LogP contribution in [-0.2, 0) is 0 Å². The van der Waals surface area contributed by atoms with Gasteiger partial charge in [-0.05, 0) is 32.5 Å². The van der Waals surface area contributed by atoms with Gasteiger partial charge in [-0.2, -0.15) is 0 Å². The summed E-state index contributed by atoms with van der Waals surface area (Å²) in [4.78, 5) is 2.41. The minimum atomic E-state index is 0.595. The Morgan fingerprint density at radius 1 is 1.00 bits per heavy atom. The average molecular weight is 296 g/mol. The Morgan fingerprint density at radius 2 is 1.57 bits per heavy atom. The highest BCUT2D eigenvalue weighted by molar-refractivity contribution is 5.60. The highest BCUT2D eigenvalue weighted by Crippen LogP contribution is 2.39. The SMILES string of the molecule is CCN(CC)CCCCOc1c(OC)cc(N)cc1OC. The quantitative estimate of drug-likeness (QED) is 0.531. The van der Waals surface area contributed by atoms with Gasteiger partial charge in [0.05, 0.1) is 20.8 Å². The molecule has 0 aromatic heterocycles. The third-order valence-electron chi connectivity index (χ3n) is 3.49. The van der Waals surface area contributed by atoms with Gasteiger partial charge in [0.2, 0.25) is 5.75 Å². The molecule has 1 aromatic carbocycles. The van der Waals surface area contributed by atoms with Crippen LogP contribution in [0.3, 0.4) is 0 Å². The summed E-state index contributed by atoms with van der Waals surface area (Å²) in [7, 11) is 3.20. The van der Waals surface area contributed by atoms with Crippen molar-refractivity contribution in [3.05, 3.63) is 12.1 Å². The summed E-state index contributed by atoms with van der Waals surface area (Å²) in [6.45, 7) is 8.30. The van der Waals surface area contributed by atoms with Crippen LogP contribution in [0.4, 0.5) is 5.69 Å². The van der Waals surface area contributed by atoms with Gasteiger partial charge in [0.1, 0.15) is 0 Å². The van der Waals surface area contributed by atoms with E-state index >= 15 is 0 Å². The Hall–Kier alpha value is -1.62. The molecule has 120 valence electrons. The largest absolute Gasteiger partial charge is 0.493 e. The highest BCUT2D eigenvalue weighted by Gasteiger charge is 2.13. The molecule has 2 N–H and O–H groups in total. The van der Waals surface area contributed by atoms with Crippen LogP contribution in [0.2, 0.25) is 0 Å². The van der Waals surface area contributed by atoms with Gasteiger partial charge in [-0.15, -0.1) is 0 Å². The molecule has 0 saturated carbocycles. The van der Waals surface area contributed by atoms with Crippen LogP contribution < -0.4 is 19.9 Å². The Morgan fingerprint density at radius 3 is 2.05 bits per heavy atom. The number of benzene rings is 1. The number of methoxy groups -OCH3 is 2. The lowest BCUT2D eigenvalue weighted by Crippen LogP contribution is -2.24. The van der Waals surface area contributed by atoms with Crippen molar-refractivity contribution >= 4 is 5.69 Å². The maximum Gasteiger partial charge on any atom is 0.203 e. The predicted molar refractivity (Wildman–Crippen MR) is 86.5 cm³/mol. The summed E-state index contributed by atoms with van der Waals surface area (Å²) in [6.07, 6.45) is 2.11. The summed E-state index contributed by atoms with van der Waals surface area (Å²) < 4.78 is 16.4. The Bertz CT molecular complexity index is 395. The van der Waals surface area contributed by atoms with Gasteiger partial charge in [0.15, 0.2) is 11.5 Å². The summed E-state index contributed by atoms with van der Waals surface area (Å²) in [6, 6.07) is 3.49. The second kappa shape index (κ2) is 9.34. The fourth-order valence-electron chi connectivity index (χ4n) is 2.19. The molecule has 0 fully saturated rings. The maximum atomic E-state index is 5.83. The average Bonchev–Trinajstić information content (AvgIpc) is 2.51. The summed E-state index contributed by atoms with van der Waals surface area (Å²) in [5.74, 6) is 1.84. The van der Waals surface area contributed by atoms with Crippen molar-refractivity contribution in [2.75, 3.05) is 46.2 Å². The van der Waals surface area contributed by atoms with Crippen LogP contribution in [-0.4, -0.2) is 45.4 Å². The molecule has 5 heteroatoms. The van der Waals surface area contributed by atoms with Gasteiger partial charge in [-0.1, -0.05) is 13.8 Å². The normalized spacial score (nSPS) is 10.7. The van der Waals surface area contributed by atoms with Crippen molar-refractivity contribution in [1.82, 2.24) is 4.90 Å². The van der Waals surface area contributed by atoms with Crippen molar-refractivity contribution in [3.8, 4) is 17.2 Å². The third-order valence-corrected chi connectivity index (χ3v) is 3.49. The molecule has 0 aliphatic rings. The van der Waals surface area contributed by atoms with Crippen molar-refractivity contribution < 1.29 is 14.2 Å². The number of rotatable bonds is 10. The number of ether oxygens (including phenoxy) is 3. The third kappa shape index (κ3) is 5.34. The van der Waals surface area contributed by atoms with Gasteiger partial charge < -0.3 is 24.8 Å². The van der Waals surface area contributed by atoms with Gasteiger partial charge >= 0.3 is 0 Å². The van der Waals surface area contributed by atoms with Gasteiger partial charge in [-0.25, -0.2) is 0 Å². The smallest absolute Gasteiger partial charge is 0.203 e. The standard InChI is InChI=1S/C16H28N2O3/c1-5-18(6-2)9-7-8-10-21-16-14(19-3)11-13(17)12-15(16)20-4/h11-12H,5-10,17H2,1-4H3. The minimum Gasteiger partial charge on any atom is -0.493 e. The zero-order valence-corrected chi connectivity index (χ0v) is 13.6. The van der Waals surface area contributed by atoms with Crippen LogP contribution in [0.15, 0.2) is 12.1 Å². The van der Waals surface area contributed by atoms with E-state index in [1.807, 2.05) is 0 Å². The number of hydrogen-bond donors (Lipinski definition) is 1. The molecule has 21 heavy (non-hydrogen) atoms. The zero-order chi connectivity index (χ0) is 15.7. The van der Waals surface area contributed by atoms with E-state index in [1.165, 1.54) is 0 Å². The number of nitrogens with zero attached hydrogens (tertiary/aromatic N) is 1. The van der Waals surface area contributed by atoms with Gasteiger partial charge in [0.25, 0.3) is 0 Å². The fourth-order valence-corrected chi connectivity index (χ4v) is 2.19. The molecule has 0 spiro atoms. The van der Waals surface area contributed by atoms with Crippen molar-refractivity contribution in [1.29, 1.82) is 0 Å². The Kier molecular flexibility index (Phi) is 7.75. The van der Waals surface area contributed by atoms with Crippen molar-refractivity contribution in [2.24, 2.45) is 0 Å². The molecule has 0 radical (unpaired) electrons. The molecule has 0 heterocycles. The first kappa shape index (κ1) is 17.4. The van der Waals surface area contributed by atoms with Crippen LogP contribution >= 0.6 is 0 Å².